The number of morpholine rings is 1. The van der Waals surface area contributed by atoms with E-state index in [0.717, 1.165) is 14.8 Å². The van der Waals surface area contributed by atoms with E-state index in [-0.39, 0.29) is 17.1 Å². The van der Waals surface area contributed by atoms with Crippen LogP contribution in [0.15, 0.2) is 68.6 Å². The summed E-state index contributed by atoms with van der Waals surface area (Å²) in [4.78, 5) is 31.2. The summed E-state index contributed by atoms with van der Waals surface area (Å²) in [6.07, 6.45) is 3.04. The van der Waals surface area contributed by atoms with Gasteiger partial charge in [0.2, 0.25) is 5.89 Å². The Balaban J connectivity index is 1.70. The molecule has 1 fully saturated rings. The SMILES string of the molecule is CCNc1cc(-c2cc(Br)cc(-c3ncco3)c2)nn(-c2cc(N3CCOCC3)ccc2[N+](=O)[O-])c1=O. The Hall–Kier alpha value is -4.03. The Morgan fingerprint density at radius 3 is 2.62 bits per heavy atom. The number of hydrogen-bond acceptors (Lipinski definition) is 9. The zero-order chi connectivity index (χ0) is 25.9. The molecular weight excluding hydrogens is 544 g/mol. The summed E-state index contributed by atoms with van der Waals surface area (Å²) in [5.74, 6) is 0.427. The number of benzene rings is 2. The predicted octanol–water partition coefficient (Wildman–Crippen LogP) is 4.49. The fourth-order valence-electron chi connectivity index (χ4n) is 4.20. The van der Waals surface area contributed by atoms with Crippen LogP contribution in [0.2, 0.25) is 0 Å². The summed E-state index contributed by atoms with van der Waals surface area (Å²) in [6, 6.07) is 11.9. The van der Waals surface area contributed by atoms with E-state index in [1.54, 1.807) is 24.4 Å². The maximum atomic E-state index is 13.5. The van der Waals surface area contributed by atoms with Crippen molar-refractivity contribution in [2.24, 2.45) is 0 Å². The first kappa shape index (κ1) is 24.7. The van der Waals surface area contributed by atoms with Crippen molar-refractivity contribution in [2.45, 2.75) is 6.92 Å². The molecule has 0 radical (unpaired) electrons. The molecule has 190 valence electrons. The van der Waals surface area contributed by atoms with Gasteiger partial charge in [-0.15, -0.1) is 0 Å². The maximum Gasteiger partial charge on any atom is 0.295 e. The van der Waals surface area contributed by atoms with Crippen LogP contribution in [0.4, 0.5) is 17.1 Å². The van der Waals surface area contributed by atoms with Crippen molar-refractivity contribution in [1.29, 1.82) is 0 Å². The quantitative estimate of drug-likeness (QED) is 0.254. The summed E-state index contributed by atoms with van der Waals surface area (Å²) >= 11 is 3.52. The zero-order valence-electron chi connectivity index (χ0n) is 19.9. The molecule has 12 heteroatoms. The lowest BCUT2D eigenvalue weighted by molar-refractivity contribution is -0.384. The highest BCUT2D eigenvalue weighted by molar-refractivity contribution is 9.10. The minimum absolute atomic E-state index is 0.0860. The number of hydrogen-bond donors (Lipinski definition) is 1. The summed E-state index contributed by atoms with van der Waals surface area (Å²) in [6.45, 7) is 4.74. The normalized spacial score (nSPS) is 13.5. The number of nitro benzene ring substituents is 1. The molecule has 0 saturated carbocycles. The van der Waals surface area contributed by atoms with E-state index in [1.807, 2.05) is 25.1 Å². The molecule has 0 amide bonds. The number of aromatic nitrogens is 3. The molecular formula is C25H23BrN6O5. The van der Waals surface area contributed by atoms with Crippen molar-refractivity contribution in [3.63, 3.8) is 0 Å². The number of anilines is 2. The van der Waals surface area contributed by atoms with Crippen molar-refractivity contribution in [3.8, 4) is 28.4 Å². The van der Waals surface area contributed by atoms with Crippen molar-refractivity contribution < 1.29 is 14.1 Å². The lowest BCUT2D eigenvalue weighted by atomic mass is 10.1. The highest BCUT2D eigenvalue weighted by atomic mass is 79.9. The van der Waals surface area contributed by atoms with Gasteiger partial charge in [-0.25, -0.2) is 4.98 Å². The van der Waals surface area contributed by atoms with E-state index in [1.165, 1.54) is 12.3 Å². The Kier molecular flexibility index (Phi) is 7.01. The third-order valence-corrected chi connectivity index (χ3v) is 6.37. The molecule has 0 aliphatic carbocycles. The standard InChI is InChI=1S/C25H23BrN6O5/c1-2-27-21-15-20(16-11-17(13-18(26)12-16)24-28-5-8-37-24)29-31(25(21)33)23-14-19(3-4-22(23)32(34)35)30-6-9-36-10-7-30/h3-5,8,11-15,27H,2,6-7,9-10H2,1H3. The van der Waals surface area contributed by atoms with Gasteiger partial charge < -0.3 is 19.4 Å². The largest absolute Gasteiger partial charge is 0.445 e. The van der Waals surface area contributed by atoms with Crippen LogP contribution in [0, 0.1) is 10.1 Å². The molecule has 1 aliphatic heterocycles. The van der Waals surface area contributed by atoms with Crippen molar-refractivity contribution in [3.05, 3.63) is 79.9 Å². The minimum Gasteiger partial charge on any atom is -0.445 e. The first-order chi connectivity index (χ1) is 17.9. The fourth-order valence-corrected chi connectivity index (χ4v) is 4.69. The molecule has 5 rings (SSSR count). The number of rotatable bonds is 7. The molecule has 4 aromatic rings. The van der Waals surface area contributed by atoms with Crippen LogP contribution in [0.25, 0.3) is 28.4 Å². The van der Waals surface area contributed by atoms with E-state index in [4.69, 9.17) is 9.15 Å². The Morgan fingerprint density at radius 2 is 1.92 bits per heavy atom. The van der Waals surface area contributed by atoms with E-state index in [9.17, 15) is 14.9 Å². The average molecular weight is 567 g/mol. The molecule has 0 atom stereocenters. The van der Waals surface area contributed by atoms with Crippen LogP contribution in [0.1, 0.15) is 6.92 Å². The highest BCUT2D eigenvalue weighted by Gasteiger charge is 2.23. The van der Waals surface area contributed by atoms with Gasteiger partial charge in [-0.05, 0) is 43.3 Å². The molecule has 2 aromatic carbocycles. The molecule has 37 heavy (non-hydrogen) atoms. The summed E-state index contributed by atoms with van der Waals surface area (Å²) in [5, 5.41) is 19.6. The molecule has 3 heterocycles. The van der Waals surface area contributed by atoms with Crippen molar-refractivity contribution in [2.75, 3.05) is 43.1 Å². The molecule has 2 aromatic heterocycles. The Morgan fingerprint density at radius 1 is 1.14 bits per heavy atom. The Labute approximate surface area is 220 Å². The van der Waals surface area contributed by atoms with Gasteiger partial charge in [0, 0.05) is 47.0 Å². The average Bonchev–Trinajstić information content (AvgIpc) is 3.45. The lowest BCUT2D eigenvalue weighted by Gasteiger charge is -2.29. The third kappa shape index (κ3) is 5.11. The van der Waals surface area contributed by atoms with Crippen molar-refractivity contribution >= 4 is 33.0 Å². The molecule has 0 unspecified atom stereocenters. The molecule has 0 bridgehead atoms. The second kappa shape index (κ2) is 10.5. The van der Waals surface area contributed by atoms with Crippen LogP contribution >= 0.6 is 15.9 Å². The van der Waals surface area contributed by atoms with E-state index in [2.05, 4.69) is 36.2 Å². The molecule has 1 aliphatic rings. The number of nitrogens with zero attached hydrogens (tertiary/aromatic N) is 5. The van der Waals surface area contributed by atoms with Gasteiger partial charge in [0.1, 0.15) is 17.6 Å². The third-order valence-electron chi connectivity index (χ3n) is 5.91. The van der Waals surface area contributed by atoms with Gasteiger partial charge in [0.05, 0.1) is 30.0 Å². The molecule has 1 saturated heterocycles. The number of ether oxygens (including phenoxy) is 1. The van der Waals surface area contributed by atoms with Crippen LogP contribution < -0.4 is 15.8 Å². The minimum atomic E-state index is -0.508. The van der Waals surface area contributed by atoms with Crippen LogP contribution in [0.5, 0.6) is 0 Å². The van der Waals surface area contributed by atoms with Crippen molar-refractivity contribution in [1.82, 2.24) is 14.8 Å². The molecule has 1 N–H and O–H groups in total. The van der Waals surface area contributed by atoms with Crippen LogP contribution in [-0.4, -0.2) is 52.5 Å². The molecule has 0 spiro atoms. The first-order valence-electron chi connectivity index (χ1n) is 11.6. The number of halogens is 1. The zero-order valence-corrected chi connectivity index (χ0v) is 21.5. The van der Waals surface area contributed by atoms with Crippen LogP contribution in [0.3, 0.4) is 0 Å². The number of oxazole rings is 1. The van der Waals surface area contributed by atoms with Gasteiger partial charge in [-0.1, -0.05) is 15.9 Å². The Bertz CT molecular complexity index is 1500. The maximum absolute atomic E-state index is 13.5. The monoisotopic (exact) mass is 566 g/mol. The van der Waals surface area contributed by atoms with Crippen LogP contribution in [-0.2, 0) is 4.74 Å². The van der Waals surface area contributed by atoms with Gasteiger partial charge in [-0.3, -0.25) is 14.9 Å². The van der Waals surface area contributed by atoms with Gasteiger partial charge in [0.15, 0.2) is 0 Å². The predicted molar refractivity (Wildman–Crippen MR) is 142 cm³/mol. The second-order valence-electron chi connectivity index (χ2n) is 8.29. The summed E-state index contributed by atoms with van der Waals surface area (Å²) in [5.41, 5.74) is 2.22. The van der Waals surface area contributed by atoms with E-state index in [0.29, 0.717) is 55.6 Å². The first-order valence-corrected chi connectivity index (χ1v) is 12.4. The smallest absolute Gasteiger partial charge is 0.295 e. The summed E-state index contributed by atoms with van der Waals surface area (Å²) < 4.78 is 12.7. The van der Waals surface area contributed by atoms with Gasteiger partial charge >= 0.3 is 0 Å². The second-order valence-corrected chi connectivity index (χ2v) is 9.20. The van der Waals surface area contributed by atoms with E-state index >= 15 is 0 Å². The highest BCUT2D eigenvalue weighted by Crippen LogP contribution is 2.32. The lowest BCUT2D eigenvalue weighted by Crippen LogP contribution is -2.36. The topological polar surface area (TPSA) is 129 Å². The fraction of sp³-hybridized carbons (Fsp3) is 0.240. The number of nitro groups is 1. The summed E-state index contributed by atoms with van der Waals surface area (Å²) in [7, 11) is 0. The van der Waals surface area contributed by atoms with Gasteiger partial charge in [0.25, 0.3) is 11.2 Å². The molecule has 11 nitrogen and oxygen atoms in total. The van der Waals surface area contributed by atoms with Gasteiger partial charge in [-0.2, -0.15) is 9.78 Å². The number of nitrogens with one attached hydrogen (secondary N) is 1. The van der Waals surface area contributed by atoms with E-state index < -0.39 is 10.5 Å².